The van der Waals surface area contributed by atoms with Crippen LogP contribution in [0, 0.1) is 17.3 Å². The van der Waals surface area contributed by atoms with Crippen molar-refractivity contribution in [2.75, 3.05) is 19.6 Å². The molecule has 1 saturated heterocycles. The Balaban J connectivity index is 1.94. The molecule has 1 heterocycles. The van der Waals surface area contributed by atoms with E-state index in [9.17, 15) is 0 Å². The molecule has 1 aliphatic carbocycles. The van der Waals surface area contributed by atoms with Crippen molar-refractivity contribution in [3.63, 3.8) is 0 Å². The van der Waals surface area contributed by atoms with E-state index < -0.39 is 0 Å². The third kappa shape index (κ3) is 3.95. The van der Waals surface area contributed by atoms with E-state index in [2.05, 4.69) is 25.7 Å². The minimum atomic E-state index is 0.482. The quantitative estimate of drug-likeness (QED) is 0.826. The highest BCUT2D eigenvalue weighted by atomic mass is 15.2. The largest absolute Gasteiger partial charge is 0.330 e. The van der Waals surface area contributed by atoms with Gasteiger partial charge >= 0.3 is 0 Å². The van der Waals surface area contributed by atoms with Crippen LogP contribution < -0.4 is 5.73 Å². The van der Waals surface area contributed by atoms with E-state index in [0.29, 0.717) is 5.41 Å². The third-order valence-electron chi connectivity index (χ3n) is 5.63. The topological polar surface area (TPSA) is 29.3 Å². The van der Waals surface area contributed by atoms with Crippen molar-refractivity contribution in [1.82, 2.24) is 4.90 Å². The summed E-state index contributed by atoms with van der Waals surface area (Å²) in [6, 6.07) is 0.789. The van der Waals surface area contributed by atoms with Gasteiger partial charge in [0.2, 0.25) is 0 Å². The Morgan fingerprint density at radius 1 is 0.947 bits per heavy atom. The molecule has 2 aliphatic rings. The highest BCUT2D eigenvalue weighted by Gasteiger charge is 2.32. The molecule has 19 heavy (non-hydrogen) atoms. The van der Waals surface area contributed by atoms with Gasteiger partial charge in [-0.25, -0.2) is 0 Å². The molecule has 2 heteroatoms. The lowest BCUT2D eigenvalue weighted by Gasteiger charge is -2.39. The summed E-state index contributed by atoms with van der Waals surface area (Å²) in [6.45, 7) is 10.8. The molecule has 0 radical (unpaired) electrons. The molecule has 0 aromatic heterocycles. The Labute approximate surface area is 120 Å². The Kier molecular flexibility index (Phi) is 5.30. The molecule has 2 nitrogen and oxygen atoms in total. The van der Waals surface area contributed by atoms with Crippen LogP contribution in [-0.2, 0) is 0 Å². The number of rotatable bonds is 2. The van der Waals surface area contributed by atoms with Crippen molar-refractivity contribution >= 4 is 0 Å². The van der Waals surface area contributed by atoms with E-state index in [1.165, 1.54) is 58.0 Å². The predicted octanol–water partition coefficient (Wildman–Crippen LogP) is 3.65. The first kappa shape index (κ1) is 15.3. The van der Waals surface area contributed by atoms with Gasteiger partial charge in [-0.15, -0.1) is 0 Å². The van der Waals surface area contributed by atoms with E-state index >= 15 is 0 Å². The number of nitrogens with zero attached hydrogens (tertiary/aromatic N) is 1. The van der Waals surface area contributed by atoms with Crippen molar-refractivity contribution < 1.29 is 0 Å². The fourth-order valence-electron chi connectivity index (χ4n) is 4.26. The molecule has 1 aliphatic heterocycles. The van der Waals surface area contributed by atoms with Gasteiger partial charge in [0.1, 0.15) is 0 Å². The zero-order valence-electron chi connectivity index (χ0n) is 13.3. The summed E-state index contributed by atoms with van der Waals surface area (Å²) in [5, 5.41) is 0. The van der Waals surface area contributed by atoms with Crippen LogP contribution in [0.4, 0.5) is 0 Å². The molecule has 3 atom stereocenters. The Bertz CT molecular complexity index is 269. The summed E-state index contributed by atoms with van der Waals surface area (Å²) >= 11 is 0. The van der Waals surface area contributed by atoms with Crippen LogP contribution in [0.15, 0.2) is 0 Å². The first-order valence-electron chi connectivity index (χ1n) is 8.46. The molecular weight excluding hydrogens is 232 g/mol. The number of hydrogen-bond acceptors (Lipinski definition) is 2. The van der Waals surface area contributed by atoms with Crippen molar-refractivity contribution in [2.45, 2.75) is 71.8 Å². The molecule has 0 aromatic carbocycles. The van der Waals surface area contributed by atoms with E-state index in [1.54, 1.807) is 0 Å². The number of hydrogen-bond donors (Lipinski definition) is 1. The standard InChI is InChI=1S/C17H34N2/c1-17(2,3)15-8-6-11-19(12-10-15)16-9-5-4-7-14(16)13-18/h14-16H,4-13,18H2,1-3H3. The Morgan fingerprint density at radius 2 is 1.68 bits per heavy atom. The van der Waals surface area contributed by atoms with Crippen LogP contribution in [0.2, 0.25) is 0 Å². The molecule has 2 fully saturated rings. The zero-order valence-corrected chi connectivity index (χ0v) is 13.3. The summed E-state index contributed by atoms with van der Waals surface area (Å²) in [5.74, 6) is 1.66. The minimum Gasteiger partial charge on any atom is -0.330 e. The first-order chi connectivity index (χ1) is 9.02. The molecule has 2 rings (SSSR count). The van der Waals surface area contributed by atoms with Gasteiger partial charge in [-0.3, -0.25) is 0 Å². The number of nitrogens with two attached hydrogens (primary N) is 1. The average molecular weight is 266 g/mol. The van der Waals surface area contributed by atoms with Crippen molar-refractivity contribution in [1.29, 1.82) is 0 Å². The first-order valence-corrected chi connectivity index (χ1v) is 8.46. The molecule has 112 valence electrons. The highest BCUT2D eigenvalue weighted by Crippen LogP contribution is 2.36. The van der Waals surface area contributed by atoms with Crippen molar-refractivity contribution in [3.8, 4) is 0 Å². The molecule has 0 amide bonds. The summed E-state index contributed by atoms with van der Waals surface area (Å²) in [6.07, 6.45) is 9.76. The second kappa shape index (κ2) is 6.58. The molecule has 0 bridgehead atoms. The van der Waals surface area contributed by atoms with Gasteiger partial charge in [-0.1, -0.05) is 33.6 Å². The van der Waals surface area contributed by atoms with Crippen LogP contribution in [-0.4, -0.2) is 30.6 Å². The molecule has 1 saturated carbocycles. The monoisotopic (exact) mass is 266 g/mol. The van der Waals surface area contributed by atoms with Gasteiger partial charge in [0.25, 0.3) is 0 Å². The maximum Gasteiger partial charge on any atom is 0.0135 e. The summed E-state index contributed by atoms with van der Waals surface area (Å²) < 4.78 is 0. The summed E-state index contributed by atoms with van der Waals surface area (Å²) in [4.78, 5) is 2.79. The minimum absolute atomic E-state index is 0.482. The van der Waals surface area contributed by atoms with Crippen LogP contribution in [0.25, 0.3) is 0 Å². The average Bonchev–Trinajstić information content (AvgIpc) is 2.64. The number of likely N-dealkylation sites (tertiary alicyclic amines) is 1. The van der Waals surface area contributed by atoms with Crippen molar-refractivity contribution in [2.24, 2.45) is 23.0 Å². The zero-order chi connectivity index (χ0) is 13.9. The van der Waals surface area contributed by atoms with Gasteiger partial charge < -0.3 is 10.6 Å². The Morgan fingerprint density at radius 3 is 2.37 bits per heavy atom. The van der Waals surface area contributed by atoms with Gasteiger partial charge in [0.15, 0.2) is 0 Å². The second-order valence-corrected chi connectivity index (χ2v) is 7.88. The lowest BCUT2D eigenvalue weighted by Crippen LogP contribution is -2.45. The maximum absolute atomic E-state index is 6.01. The van der Waals surface area contributed by atoms with Crippen LogP contribution in [0.1, 0.15) is 65.7 Å². The van der Waals surface area contributed by atoms with Gasteiger partial charge in [0, 0.05) is 6.04 Å². The second-order valence-electron chi connectivity index (χ2n) is 7.88. The summed E-state index contributed by atoms with van der Waals surface area (Å²) in [5.41, 5.74) is 6.49. The van der Waals surface area contributed by atoms with Crippen LogP contribution in [0.3, 0.4) is 0 Å². The van der Waals surface area contributed by atoms with E-state index in [1.807, 2.05) is 0 Å². The van der Waals surface area contributed by atoms with Crippen LogP contribution >= 0.6 is 0 Å². The van der Waals surface area contributed by atoms with E-state index in [0.717, 1.165) is 24.4 Å². The Hall–Kier alpha value is -0.0800. The molecular formula is C17H34N2. The SMILES string of the molecule is CC(C)(C)C1CCCN(C2CCCCC2CN)CC1. The maximum atomic E-state index is 6.01. The molecule has 0 aromatic rings. The normalized spacial score (nSPS) is 35.1. The molecule has 3 unspecified atom stereocenters. The fraction of sp³-hybridized carbons (Fsp3) is 1.00. The van der Waals surface area contributed by atoms with Gasteiger partial charge in [0.05, 0.1) is 0 Å². The fourth-order valence-corrected chi connectivity index (χ4v) is 4.26. The van der Waals surface area contributed by atoms with E-state index in [-0.39, 0.29) is 0 Å². The van der Waals surface area contributed by atoms with Gasteiger partial charge in [-0.2, -0.15) is 0 Å². The predicted molar refractivity (Wildman–Crippen MR) is 83.2 cm³/mol. The van der Waals surface area contributed by atoms with Gasteiger partial charge in [-0.05, 0) is 69.0 Å². The molecule has 2 N–H and O–H groups in total. The van der Waals surface area contributed by atoms with Crippen LogP contribution in [0.5, 0.6) is 0 Å². The van der Waals surface area contributed by atoms with E-state index in [4.69, 9.17) is 5.73 Å². The highest BCUT2D eigenvalue weighted by molar-refractivity contribution is 4.87. The summed E-state index contributed by atoms with van der Waals surface area (Å²) in [7, 11) is 0. The lowest BCUT2D eigenvalue weighted by atomic mass is 9.76. The van der Waals surface area contributed by atoms with Crippen molar-refractivity contribution in [3.05, 3.63) is 0 Å². The third-order valence-corrected chi connectivity index (χ3v) is 5.63. The smallest absolute Gasteiger partial charge is 0.0135 e. The molecule has 0 spiro atoms. The lowest BCUT2D eigenvalue weighted by molar-refractivity contribution is 0.106.